The molecule has 0 saturated carbocycles. The Kier molecular flexibility index (Phi) is 6.64. The van der Waals surface area contributed by atoms with Crippen LogP contribution in [0.4, 0.5) is 4.79 Å². The van der Waals surface area contributed by atoms with E-state index in [2.05, 4.69) is 29.6 Å². The van der Waals surface area contributed by atoms with Crippen LogP contribution in [0.2, 0.25) is 0 Å². The Bertz CT molecular complexity index is 1050. The zero-order valence-electron chi connectivity index (χ0n) is 19.9. The third-order valence-electron chi connectivity index (χ3n) is 6.94. The normalized spacial score (nSPS) is 20.1. The maximum Gasteiger partial charge on any atom is 0.407 e. The van der Waals surface area contributed by atoms with Crippen molar-refractivity contribution in [3.63, 3.8) is 0 Å². The lowest BCUT2D eigenvalue weighted by molar-refractivity contribution is -0.147. The van der Waals surface area contributed by atoms with Crippen LogP contribution in [0.15, 0.2) is 48.5 Å². The maximum atomic E-state index is 13.2. The largest absolute Gasteiger partial charge is 0.481 e. The molecular weight excluding hydrogens is 432 g/mol. The summed E-state index contributed by atoms with van der Waals surface area (Å²) in [5.74, 6) is -1.07. The first kappa shape index (κ1) is 23.8. The van der Waals surface area contributed by atoms with Gasteiger partial charge < -0.3 is 20.1 Å². The van der Waals surface area contributed by atoms with E-state index in [0.717, 1.165) is 22.3 Å². The van der Waals surface area contributed by atoms with Gasteiger partial charge in [-0.05, 0) is 47.9 Å². The molecule has 2 amide bonds. The van der Waals surface area contributed by atoms with Crippen molar-refractivity contribution in [1.29, 1.82) is 0 Å². The molecule has 2 N–H and O–H groups in total. The molecule has 1 aliphatic heterocycles. The predicted octanol–water partition coefficient (Wildman–Crippen LogP) is 4.26. The van der Waals surface area contributed by atoms with Crippen molar-refractivity contribution in [2.45, 2.75) is 45.6 Å². The number of carbonyl (C=O) groups excluding carboxylic acids is 2. The number of amides is 2. The molecule has 0 bridgehead atoms. The second-order valence-corrected chi connectivity index (χ2v) is 10.0. The molecule has 1 fully saturated rings. The molecule has 7 nitrogen and oxygen atoms in total. The van der Waals surface area contributed by atoms with E-state index in [1.54, 1.807) is 11.8 Å². The summed E-state index contributed by atoms with van der Waals surface area (Å²) in [4.78, 5) is 39.1. The van der Waals surface area contributed by atoms with Gasteiger partial charge in [0.05, 0.1) is 5.41 Å². The highest BCUT2D eigenvalue weighted by atomic mass is 16.5. The molecule has 1 aliphatic carbocycles. The molecule has 2 aliphatic rings. The molecular formula is C27H32N2O5. The van der Waals surface area contributed by atoms with E-state index >= 15 is 0 Å². The number of nitrogens with zero attached hydrogens (tertiary/aromatic N) is 1. The third-order valence-corrected chi connectivity index (χ3v) is 6.94. The number of carboxylic acids is 1. The number of hydrogen-bond acceptors (Lipinski definition) is 4. The van der Waals surface area contributed by atoms with Crippen molar-refractivity contribution in [3.8, 4) is 11.1 Å². The van der Waals surface area contributed by atoms with Crippen LogP contribution >= 0.6 is 0 Å². The van der Waals surface area contributed by atoms with Gasteiger partial charge in [-0.25, -0.2) is 4.79 Å². The Balaban J connectivity index is 1.42. The summed E-state index contributed by atoms with van der Waals surface area (Å²) in [6.45, 7) is 6.28. The first-order valence-electron chi connectivity index (χ1n) is 11.8. The third kappa shape index (κ3) is 4.65. The number of carboxylic acid groups (broad SMARTS) is 1. The van der Waals surface area contributed by atoms with Crippen molar-refractivity contribution in [2.75, 3.05) is 19.7 Å². The van der Waals surface area contributed by atoms with Crippen LogP contribution in [-0.4, -0.2) is 53.7 Å². The summed E-state index contributed by atoms with van der Waals surface area (Å²) >= 11 is 0. The second-order valence-electron chi connectivity index (χ2n) is 10.0. The van der Waals surface area contributed by atoms with Crippen molar-refractivity contribution in [2.24, 2.45) is 11.3 Å². The quantitative estimate of drug-likeness (QED) is 0.638. The van der Waals surface area contributed by atoms with Gasteiger partial charge in [0.1, 0.15) is 12.6 Å². The monoisotopic (exact) mass is 464 g/mol. The van der Waals surface area contributed by atoms with Crippen molar-refractivity contribution < 1.29 is 24.2 Å². The minimum absolute atomic E-state index is 0.0627. The summed E-state index contributed by atoms with van der Waals surface area (Å²) in [6.07, 6.45) is 0.206. The molecule has 0 radical (unpaired) electrons. The van der Waals surface area contributed by atoms with Gasteiger partial charge in [-0.2, -0.15) is 0 Å². The Morgan fingerprint density at radius 2 is 1.68 bits per heavy atom. The highest BCUT2D eigenvalue weighted by molar-refractivity contribution is 5.87. The highest BCUT2D eigenvalue weighted by Crippen LogP contribution is 2.44. The van der Waals surface area contributed by atoms with Crippen molar-refractivity contribution in [1.82, 2.24) is 10.2 Å². The lowest BCUT2D eigenvalue weighted by atomic mass is 9.90. The number of benzene rings is 2. The van der Waals surface area contributed by atoms with Gasteiger partial charge in [-0.15, -0.1) is 0 Å². The van der Waals surface area contributed by atoms with E-state index in [9.17, 15) is 19.5 Å². The van der Waals surface area contributed by atoms with Crippen LogP contribution in [0.3, 0.4) is 0 Å². The van der Waals surface area contributed by atoms with Gasteiger partial charge in [-0.1, -0.05) is 62.4 Å². The Morgan fingerprint density at radius 3 is 2.21 bits per heavy atom. The number of carbonyl (C=O) groups is 3. The summed E-state index contributed by atoms with van der Waals surface area (Å²) in [5, 5.41) is 12.2. The average Bonchev–Trinajstić information content (AvgIpc) is 3.36. The van der Waals surface area contributed by atoms with Crippen molar-refractivity contribution in [3.05, 3.63) is 59.7 Å². The fourth-order valence-corrected chi connectivity index (χ4v) is 5.02. The lowest BCUT2D eigenvalue weighted by Gasteiger charge is -2.26. The number of hydrogen-bond donors (Lipinski definition) is 2. The average molecular weight is 465 g/mol. The Hall–Kier alpha value is -3.35. The van der Waals surface area contributed by atoms with Gasteiger partial charge in [0, 0.05) is 19.0 Å². The van der Waals surface area contributed by atoms with E-state index in [-0.39, 0.29) is 30.9 Å². The van der Waals surface area contributed by atoms with Gasteiger partial charge in [-0.3, -0.25) is 9.59 Å². The predicted molar refractivity (Wildman–Crippen MR) is 128 cm³/mol. The fraction of sp³-hybridized carbons (Fsp3) is 0.444. The van der Waals surface area contributed by atoms with Crippen LogP contribution in [0.5, 0.6) is 0 Å². The van der Waals surface area contributed by atoms with E-state index < -0.39 is 23.5 Å². The number of aliphatic carboxylic acids is 1. The summed E-state index contributed by atoms with van der Waals surface area (Å²) in [5.41, 5.74) is 3.58. The zero-order chi connectivity index (χ0) is 24.5. The van der Waals surface area contributed by atoms with Gasteiger partial charge in [0.25, 0.3) is 0 Å². The molecule has 1 unspecified atom stereocenters. The number of fused-ring (bicyclic) bond motifs is 3. The first-order chi connectivity index (χ1) is 16.2. The van der Waals surface area contributed by atoms with Crippen LogP contribution in [0.1, 0.15) is 50.7 Å². The summed E-state index contributed by atoms with van der Waals surface area (Å²) in [6, 6.07) is 15.5. The summed E-state index contributed by atoms with van der Waals surface area (Å²) < 4.78 is 5.63. The summed E-state index contributed by atoms with van der Waals surface area (Å²) in [7, 11) is 0. The molecule has 2 aromatic carbocycles. The molecule has 7 heteroatoms. The first-order valence-corrected chi connectivity index (χ1v) is 11.8. The van der Waals surface area contributed by atoms with Gasteiger partial charge in [0.15, 0.2) is 0 Å². The Morgan fingerprint density at radius 1 is 1.09 bits per heavy atom. The molecule has 0 spiro atoms. The molecule has 1 heterocycles. The Labute approximate surface area is 200 Å². The molecule has 180 valence electrons. The van der Waals surface area contributed by atoms with Gasteiger partial charge in [0.2, 0.25) is 5.91 Å². The van der Waals surface area contributed by atoms with Crippen LogP contribution < -0.4 is 5.32 Å². The van der Waals surface area contributed by atoms with E-state index in [1.165, 1.54) is 0 Å². The fourth-order valence-electron chi connectivity index (χ4n) is 5.02. The molecule has 1 saturated heterocycles. The topological polar surface area (TPSA) is 95.9 Å². The van der Waals surface area contributed by atoms with E-state index in [1.807, 2.05) is 38.1 Å². The zero-order valence-corrected chi connectivity index (χ0v) is 19.9. The number of alkyl carbamates (subject to hydrolysis) is 1. The van der Waals surface area contributed by atoms with Crippen LogP contribution in [0.25, 0.3) is 11.1 Å². The maximum absolute atomic E-state index is 13.2. The SMILES string of the molecule is CC(C)C[C@H](NC(=O)OCC1c2ccccc2-c2ccccc21)C(=O)N1CCC(C)(C(=O)O)C1. The second kappa shape index (κ2) is 9.49. The smallest absolute Gasteiger partial charge is 0.407 e. The van der Waals surface area contributed by atoms with Crippen LogP contribution in [-0.2, 0) is 14.3 Å². The van der Waals surface area contributed by atoms with E-state index in [4.69, 9.17) is 4.74 Å². The molecule has 2 aromatic rings. The number of likely N-dealkylation sites (tertiary alicyclic amines) is 1. The lowest BCUT2D eigenvalue weighted by Crippen LogP contribution is -2.49. The minimum atomic E-state index is -0.957. The standard InChI is InChI=1S/C27H32N2O5/c1-17(2)14-23(24(30)29-13-12-27(3,16-29)25(31)32)28-26(33)34-15-22-20-10-6-4-8-18(20)19-9-5-7-11-21(19)22/h4-11,17,22-23H,12-16H2,1-3H3,(H,28,33)(H,31,32)/t23-,27?/m0/s1. The molecule has 0 aromatic heterocycles. The molecule has 2 atom stereocenters. The van der Waals surface area contributed by atoms with Crippen molar-refractivity contribution >= 4 is 18.0 Å². The van der Waals surface area contributed by atoms with E-state index in [0.29, 0.717) is 19.4 Å². The van der Waals surface area contributed by atoms with Gasteiger partial charge >= 0.3 is 12.1 Å². The number of nitrogens with one attached hydrogen (secondary N) is 1. The van der Waals surface area contributed by atoms with Crippen LogP contribution in [0, 0.1) is 11.3 Å². The highest BCUT2D eigenvalue weighted by Gasteiger charge is 2.43. The number of ether oxygens (including phenoxy) is 1. The number of rotatable bonds is 7. The molecule has 34 heavy (non-hydrogen) atoms. The molecule has 4 rings (SSSR count). The minimum Gasteiger partial charge on any atom is -0.481 e.